The number of imide groups is 2. The molecule has 3 aromatic carbocycles. The molecule has 1 saturated heterocycles. The standard InChI is InChI=1S/C25H14Cl2I2N2O6/c26-15-5-6-20(17(27)10-15)31-23(33)16(22(32)30-25(31)36)7-13-8-18(28)21(19(29)9-13)37-11-12-1-3-14(4-2-12)24(34)35/h1-10H,11H2,(H,34,35)(H,30,32,36)/b16-7-. The van der Waals surface area contributed by atoms with Crippen molar-refractivity contribution in [3.63, 3.8) is 0 Å². The van der Waals surface area contributed by atoms with Crippen LogP contribution in [0.2, 0.25) is 10.0 Å². The first kappa shape index (κ1) is 27.4. The minimum absolute atomic E-state index is 0.0768. The topological polar surface area (TPSA) is 113 Å². The van der Waals surface area contributed by atoms with E-state index >= 15 is 0 Å². The second-order valence-electron chi connectivity index (χ2n) is 7.66. The largest absolute Gasteiger partial charge is 0.487 e. The van der Waals surface area contributed by atoms with Gasteiger partial charge < -0.3 is 9.84 Å². The molecule has 0 unspecified atom stereocenters. The summed E-state index contributed by atoms with van der Waals surface area (Å²) in [6.07, 6.45) is 1.39. The van der Waals surface area contributed by atoms with Crippen molar-refractivity contribution in [3.05, 3.63) is 94.0 Å². The fourth-order valence-corrected chi connectivity index (χ4v) is 6.03. The van der Waals surface area contributed by atoms with Crippen molar-refractivity contribution in [2.24, 2.45) is 0 Å². The van der Waals surface area contributed by atoms with Gasteiger partial charge in [-0.3, -0.25) is 14.9 Å². The van der Waals surface area contributed by atoms with E-state index in [1.165, 1.54) is 36.4 Å². The molecule has 0 atom stereocenters. The van der Waals surface area contributed by atoms with Gasteiger partial charge in [-0.25, -0.2) is 14.5 Å². The van der Waals surface area contributed by atoms with Crippen molar-refractivity contribution in [2.45, 2.75) is 6.61 Å². The van der Waals surface area contributed by atoms with E-state index in [1.54, 1.807) is 24.3 Å². The zero-order valence-electron chi connectivity index (χ0n) is 18.4. The van der Waals surface area contributed by atoms with Gasteiger partial charge in [-0.1, -0.05) is 35.3 Å². The lowest BCUT2D eigenvalue weighted by Crippen LogP contribution is -2.54. The number of carboxylic acid groups (broad SMARTS) is 1. The summed E-state index contributed by atoms with van der Waals surface area (Å²) < 4.78 is 7.38. The highest BCUT2D eigenvalue weighted by Gasteiger charge is 2.37. The van der Waals surface area contributed by atoms with Crippen LogP contribution in [-0.4, -0.2) is 28.9 Å². The van der Waals surface area contributed by atoms with Crippen molar-refractivity contribution in [3.8, 4) is 5.75 Å². The second kappa shape index (κ2) is 11.4. The van der Waals surface area contributed by atoms with Crippen LogP contribution in [0.5, 0.6) is 5.75 Å². The number of benzene rings is 3. The number of nitrogens with one attached hydrogen (secondary N) is 1. The molecule has 37 heavy (non-hydrogen) atoms. The molecule has 0 bridgehead atoms. The number of amides is 4. The van der Waals surface area contributed by atoms with Crippen molar-refractivity contribution < 1.29 is 29.0 Å². The summed E-state index contributed by atoms with van der Waals surface area (Å²) >= 11 is 16.3. The Bertz CT molecular complexity index is 1470. The molecule has 8 nitrogen and oxygen atoms in total. The van der Waals surface area contributed by atoms with E-state index in [0.29, 0.717) is 16.3 Å². The molecule has 0 saturated carbocycles. The molecule has 1 heterocycles. The summed E-state index contributed by atoms with van der Waals surface area (Å²) in [6, 6.07) is 13.2. The fraction of sp³-hybridized carbons (Fsp3) is 0.0400. The van der Waals surface area contributed by atoms with Crippen molar-refractivity contribution in [2.75, 3.05) is 4.90 Å². The molecule has 12 heteroatoms. The Kier molecular flexibility index (Phi) is 8.41. The summed E-state index contributed by atoms with van der Waals surface area (Å²) in [5.41, 5.74) is 1.37. The highest BCUT2D eigenvalue weighted by atomic mass is 127. The van der Waals surface area contributed by atoms with Crippen LogP contribution in [-0.2, 0) is 16.2 Å². The molecular formula is C25H14Cl2I2N2O6. The van der Waals surface area contributed by atoms with Crippen molar-refractivity contribution in [1.29, 1.82) is 0 Å². The number of rotatable bonds is 6. The van der Waals surface area contributed by atoms with Crippen LogP contribution < -0.4 is 15.0 Å². The summed E-state index contributed by atoms with van der Waals surface area (Å²) in [7, 11) is 0. The number of ether oxygens (including phenoxy) is 1. The summed E-state index contributed by atoms with van der Waals surface area (Å²) in [5, 5.41) is 11.6. The third-order valence-electron chi connectivity index (χ3n) is 5.17. The molecule has 2 N–H and O–H groups in total. The second-order valence-corrected chi connectivity index (χ2v) is 10.8. The summed E-state index contributed by atoms with van der Waals surface area (Å²) in [6.45, 7) is 0.214. The van der Waals surface area contributed by atoms with Gasteiger partial charge >= 0.3 is 12.0 Å². The Morgan fingerprint density at radius 3 is 2.24 bits per heavy atom. The van der Waals surface area contributed by atoms with E-state index < -0.39 is 23.8 Å². The molecule has 188 valence electrons. The van der Waals surface area contributed by atoms with Crippen LogP contribution in [0.4, 0.5) is 10.5 Å². The third kappa shape index (κ3) is 6.08. The lowest BCUT2D eigenvalue weighted by molar-refractivity contribution is -0.122. The Labute approximate surface area is 247 Å². The predicted molar refractivity (Wildman–Crippen MR) is 155 cm³/mol. The van der Waals surface area contributed by atoms with Gasteiger partial charge in [0.1, 0.15) is 17.9 Å². The predicted octanol–water partition coefficient (Wildman–Crippen LogP) is 6.15. The van der Waals surface area contributed by atoms with E-state index in [-0.39, 0.29) is 28.5 Å². The molecule has 0 aromatic heterocycles. The summed E-state index contributed by atoms with van der Waals surface area (Å²) in [4.78, 5) is 50.0. The smallest absolute Gasteiger partial charge is 0.335 e. The first-order valence-corrected chi connectivity index (χ1v) is 13.3. The molecule has 0 spiro atoms. The quantitative estimate of drug-likeness (QED) is 0.177. The van der Waals surface area contributed by atoms with Gasteiger partial charge in [0.05, 0.1) is 23.4 Å². The highest BCUT2D eigenvalue weighted by Crippen LogP contribution is 2.33. The summed E-state index contributed by atoms with van der Waals surface area (Å²) in [5.74, 6) is -2.07. The number of aromatic carboxylic acids is 1. The number of halogens is 4. The number of urea groups is 1. The number of nitrogens with zero attached hydrogens (tertiary/aromatic N) is 1. The van der Waals surface area contributed by atoms with Crippen LogP contribution in [0, 0.1) is 7.14 Å². The molecule has 0 radical (unpaired) electrons. The maximum absolute atomic E-state index is 13.2. The van der Waals surface area contributed by atoms with Gasteiger partial charge in [0.2, 0.25) is 0 Å². The molecule has 1 fully saturated rings. The SMILES string of the molecule is O=C1NC(=O)N(c2ccc(Cl)cc2Cl)C(=O)/C1=C\c1cc(I)c(OCc2ccc(C(=O)O)cc2)c(I)c1. The van der Waals surface area contributed by atoms with Gasteiger partial charge in [0.25, 0.3) is 11.8 Å². The van der Waals surface area contributed by atoms with Gasteiger partial charge in [-0.15, -0.1) is 0 Å². The lowest BCUT2D eigenvalue weighted by Gasteiger charge is -2.27. The van der Waals surface area contributed by atoms with Gasteiger partial charge in [-0.2, -0.15) is 0 Å². The maximum atomic E-state index is 13.2. The van der Waals surface area contributed by atoms with Crippen molar-refractivity contribution in [1.82, 2.24) is 5.32 Å². The first-order chi connectivity index (χ1) is 17.5. The Morgan fingerprint density at radius 1 is 1.00 bits per heavy atom. The number of anilines is 1. The molecular weight excluding hydrogens is 749 g/mol. The van der Waals surface area contributed by atoms with E-state index in [1.807, 2.05) is 0 Å². The Morgan fingerprint density at radius 2 is 1.65 bits per heavy atom. The minimum atomic E-state index is -1.00. The highest BCUT2D eigenvalue weighted by molar-refractivity contribution is 14.1. The molecule has 4 rings (SSSR count). The Balaban J connectivity index is 1.59. The first-order valence-electron chi connectivity index (χ1n) is 10.4. The zero-order chi connectivity index (χ0) is 26.9. The van der Waals surface area contributed by atoms with Crippen LogP contribution in [0.15, 0.2) is 60.2 Å². The van der Waals surface area contributed by atoms with E-state index in [9.17, 15) is 19.2 Å². The average molecular weight is 763 g/mol. The monoisotopic (exact) mass is 762 g/mol. The Hall–Kier alpha value is -2.68. The molecule has 1 aliphatic rings. The number of carbonyl (C=O) groups excluding carboxylic acids is 3. The zero-order valence-corrected chi connectivity index (χ0v) is 24.3. The number of carboxylic acids is 1. The lowest BCUT2D eigenvalue weighted by atomic mass is 10.1. The van der Waals surface area contributed by atoms with E-state index in [0.717, 1.165) is 17.6 Å². The molecule has 0 aliphatic carbocycles. The number of hydrogen-bond donors (Lipinski definition) is 2. The fourth-order valence-electron chi connectivity index (χ4n) is 3.41. The van der Waals surface area contributed by atoms with Gasteiger partial charge in [0, 0.05) is 5.02 Å². The van der Waals surface area contributed by atoms with Crippen LogP contribution >= 0.6 is 68.4 Å². The molecule has 1 aliphatic heterocycles. The van der Waals surface area contributed by atoms with Crippen LogP contribution in [0.1, 0.15) is 21.5 Å². The number of barbiturate groups is 1. The van der Waals surface area contributed by atoms with Crippen molar-refractivity contribution >= 4 is 104 Å². The minimum Gasteiger partial charge on any atom is -0.487 e. The number of hydrogen-bond acceptors (Lipinski definition) is 5. The van der Waals surface area contributed by atoms with Crippen LogP contribution in [0.3, 0.4) is 0 Å². The third-order valence-corrected chi connectivity index (χ3v) is 7.31. The molecule has 3 aromatic rings. The van der Waals surface area contributed by atoms with Gasteiger partial charge in [-0.05, 0) is 105 Å². The van der Waals surface area contributed by atoms with Gasteiger partial charge in [0.15, 0.2) is 0 Å². The number of carbonyl (C=O) groups is 4. The van der Waals surface area contributed by atoms with E-state index in [4.69, 9.17) is 33.0 Å². The molecule has 4 amide bonds. The van der Waals surface area contributed by atoms with Crippen LogP contribution in [0.25, 0.3) is 6.08 Å². The normalized spacial score (nSPS) is 14.6. The van der Waals surface area contributed by atoms with E-state index in [2.05, 4.69) is 50.5 Å². The average Bonchev–Trinajstić information content (AvgIpc) is 2.82. The maximum Gasteiger partial charge on any atom is 0.335 e.